The summed E-state index contributed by atoms with van der Waals surface area (Å²) in [5.74, 6) is -4.39. The Hall–Kier alpha value is -3.85. The molecule has 0 fully saturated rings. The molecule has 0 saturated carbocycles. The van der Waals surface area contributed by atoms with E-state index in [2.05, 4.69) is 20.9 Å². The number of nitrogens with one attached hydrogen (secondary N) is 3. The highest BCUT2D eigenvalue weighted by atomic mass is 32.2. The topological polar surface area (TPSA) is 252 Å². The van der Waals surface area contributed by atoms with Crippen molar-refractivity contribution in [1.82, 2.24) is 16.0 Å². The van der Waals surface area contributed by atoms with Crippen LogP contribution in [0.3, 0.4) is 0 Å². The summed E-state index contributed by atoms with van der Waals surface area (Å²) in [4.78, 5) is 65.6. The first kappa shape index (κ1) is 34.2. The molecule has 0 aromatic heterocycles. The van der Waals surface area contributed by atoms with E-state index in [1.165, 1.54) is 11.8 Å². The Balaban J connectivity index is 3.04. The number of carboxylic acids is 2. The third-order valence-electron chi connectivity index (χ3n) is 5.72. The van der Waals surface area contributed by atoms with Crippen LogP contribution in [0.25, 0.3) is 0 Å². The molecule has 11 N–H and O–H groups in total. The lowest BCUT2D eigenvalue weighted by Crippen LogP contribution is -2.57. The minimum absolute atomic E-state index is 0.0746. The Morgan fingerprint density at radius 2 is 1.45 bits per heavy atom. The minimum atomic E-state index is -1.37. The maximum atomic E-state index is 13.2. The number of nitrogens with zero attached hydrogens (tertiary/aromatic N) is 1. The van der Waals surface area contributed by atoms with Gasteiger partial charge in [-0.1, -0.05) is 30.3 Å². The van der Waals surface area contributed by atoms with Crippen molar-refractivity contribution in [2.24, 2.45) is 22.2 Å². The van der Waals surface area contributed by atoms with E-state index in [0.29, 0.717) is 5.75 Å². The van der Waals surface area contributed by atoms with Gasteiger partial charge in [-0.2, -0.15) is 11.8 Å². The number of aliphatic imine (C=N–C) groups is 1. The zero-order valence-electron chi connectivity index (χ0n) is 22.4. The molecule has 0 aliphatic rings. The van der Waals surface area contributed by atoms with Crippen molar-refractivity contribution in [3.8, 4) is 0 Å². The number of amides is 3. The molecule has 3 amide bonds. The van der Waals surface area contributed by atoms with Gasteiger partial charge >= 0.3 is 11.9 Å². The highest BCUT2D eigenvalue weighted by molar-refractivity contribution is 7.98. The predicted octanol–water partition coefficient (Wildman–Crippen LogP) is -1.23. The molecule has 222 valence electrons. The molecule has 0 aliphatic heterocycles. The largest absolute Gasteiger partial charge is 0.481 e. The molecule has 0 bridgehead atoms. The molecule has 0 saturated heterocycles. The smallest absolute Gasteiger partial charge is 0.326 e. The lowest BCUT2D eigenvalue weighted by atomic mass is 10.0. The van der Waals surface area contributed by atoms with Crippen LogP contribution in [0.4, 0.5) is 0 Å². The molecule has 4 atom stereocenters. The zero-order valence-corrected chi connectivity index (χ0v) is 23.2. The number of guanidine groups is 1. The van der Waals surface area contributed by atoms with Gasteiger partial charge in [0, 0.05) is 13.0 Å². The molecular weight excluding hydrogens is 542 g/mol. The second-order valence-corrected chi connectivity index (χ2v) is 9.97. The van der Waals surface area contributed by atoms with Gasteiger partial charge in [-0.15, -0.1) is 0 Å². The molecule has 0 heterocycles. The first-order valence-electron chi connectivity index (χ1n) is 12.6. The Morgan fingerprint density at radius 3 is 2.00 bits per heavy atom. The maximum absolute atomic E-state index is 13.2. The molecule has 14 nitrogen and oxygen atoms in total. The van der Waals surface area contributed by atoms with Gasteiger partial charge in [0.15, 0.2) is 5.96 Å². The number of nitrogens with two attached hydrogens (primary N) is 3. The van der Waals surface area contributed by atoms with Crippen molar-refractivity contribution in [2.75, 3.05) is 18.6 Å². The average molecular weight is 582 g/mol. The van der Waals surface area contributed by atoms with Gasteiger partial charge in [0.2, 0.25) is 17.7 Å². The molecular formula is C25H39N7O7S. The van der Waals surface area contributed by atoms with Crippen LogP contribution < -0.4 is 33.2 Å². The number of carbonyl (C=O) groups is 5. The quantitative estimate of drug-likeness (QED) is 0.0545. The fourth-order valence-electron chi connectivity index (χ4n) is 3.59. The molecule has 0 radical (unpaired) electrons. The van der Waals surface area contributed by atoms with Crippen molar-refractivity contribution < 1.29 is 34.2 Å². The third kappa shape index (κ3) is 13.8. The second-order valence-electron chi connectivity index (χ2n) is 8.98. The lowest BCUT2D eigenvalue weighted by Gasteiger charge is -2.25. The van der Waals surface area contributed by atoms with Crippen LogP contribution in [-0.4, -0.2) is 88.6 Å². The third-order valence-corrected chi connectivity index (χ3v) is 6.36. The maximum Gasteiger partial charge on any atom is 0.326 e. The van der Waals surface area contributed by atoms with Gasteiger partial charge in [0.25, 0.3) is 0 Å². The number of hydrogen-bond acceptors (Lipinski definition) is 8. The number of rotatable bonds is 19. The van der Waals surface area contributed by atoms with Gasteiger partial charge in [0.1, 0.15) is 18.1 Å². The SMILES string of the molecule is CSCCC(NC(=O)C(CCC(=O)O)NC(=O)C(CCCN=C(N)N)NC(=O)C(N)Cc1ccccc1)C(=O)O. The highest BCUT2D eigenvalue weighted by Crippen LogP contribution is 2.07. The zero-order chi connectivity index (χ0) is 30.1. The van der Waals surface area contributed by atoms with E-state index in [0.717, 1.165) is 5.56 Å². The molecule has 15 heteroatoms. The fourth-order valence-corrected chi connectivity index (χ4v) is 4.06. The van der Waals surface area contributed by atoms with Crippen molar-refractivity contribution in [1.29, 1.82) is 0 Å². The highest BCUT2D eigenvalue weighted by Gasteiger charge is 2.30. The Labute approximate surface area is 236 Å². The Morgan fingerprint density at radius 1 is 0.875 bits per heavy atom. The van der Waals surface area contributed by atoms with Crippen LogP contribution in [0.15, 0.2) is 35.3 Å². The summed E-state index contributed by atoms with van der Waals surface area (Å²) < 4.78 is 0. The number of aliphatic carboxylic acids is 2. The number of benzene rings is 1. The first-order chi connectivity index (χ1) is 18.9. The Bertz CT molecular complexity index is 1020. The summed E-state index contributed by atoms with van der Waals surface area (Å²) >= 11 is 1.39. The van der Waals surface area contributed by atoms with E-state index in [4.69, 9.17) is 22.3 Å². The number of carboxylic acid groups (broad SMARTS) is 2. The van der Waals surface area contributed by atoms with Crippen molar-refractivity contribution in [2.45, 2.75) is 62.7 Å². The van der Waals surface area contributed by atoms with E-state index < -0.39 is 60.2 Å². The first-order valence-corrected chi connectivity index (χ1v) is 14.0. The van der Waals surface area contributed by atoms with Gasteiger partial charge < -0.3 is 43.4 Å². The summed E-state index contributed by atoms with van der Waals surface area (Å²) in [5.41, 5.74) is 17.6. The summed E-state index contributed by atoms with van der Waals surface area (Å²) in [6.07, 6.45) is 1.71. The van der Waals surface area contributed by atoms with Crippen molar-refractivity contribution in [3.05, 3.63) is 35.9 Å². The summed E-state index contributed by atoms with van der Waals surface area (Å²) in [6.45, 7) is 0.163. The van der Waals surface area contributed by atoms with E-state index >= 15 is 0 Å². The van der Waals surface area contributed by atoms with E-state index in [1.807, 2.05) is 18.2 Å². The fraction of sp³-hybridized carbons (Fsp3) is 0.520. The van der Waals surface area contributed by atoms with E-state index in [1.54, 1.807) is 18.4 Å². The summed E-state index contributed by atoms with van der Waals surface area (Å²) in [5, 5.41) is 26.0. The summed E-state index contributed by atoms with van der Waals surface area (Å²) in [6, 6.07) is 4.32. The van der Waals surface area contributed by atoms with Crippen LogP contribution in [-0.2, 0) is 30.4 Å². The van der Waals surface area contributed by atoms with Crippen molar-refractivity contribution in [3.63, 3.8) is 0 Å². The minimum Gasteiger partial charge on any atom is -0.481 e. The lowest BCUT2D eigenvalue weighted by molar-refractivity contribution is -0.143. The molecule has 1 rings (SSSR count). The van der Waals surface area contributed by atoms with Gasteiger partial charge in [0.05, 0.1) is 6.04 Å². The number of hydrogen-bond donors (Lipinski definition) is 8. The van der Waals surface area contributed by atoms with Gasteiger partial charge in [-0.3, -0.25) is 24.2 Å². The van der Waals surface area contributed by atoms with Crippen LogP contribution in [0.5, 0.6) is 0 Å². The predicted molar refractivity (Wildman–Crippen MR) is 151 cm³/mol. The normalized spacial score (nSPS) is 13.7. The van der Waals surface area contributed by atoms with Gasteiger partial charge in [-0.05, 0) is 49.7 Å². The van der Waals surface area contributed by atoms with Crippen LogP contribution >= 0.6 is 11.8 Å². The molecule has 0 spiro atoms. The summed E-state index contributed by atoms with van der Waals surface area (Å²) in [7, 11) is 0. The second kappa shape index (κ2) is 18.4. The van der Waals surface area contributed by atoms with Crippen LogP contribution in [0.1, 0.15) is 37.7 Å². The Kier molecular flexibility index (Phi) is 15.8. The molecule has 1 aromatic carbocycles. The molecule has 40 heavy (non-hydrogen) atoms. The molecule has 1 aromatic rings. The monoisotopic (exact) mass is 581 g/mol. The van der Waals surface area contributed by atoms with E-state index in [-0.39, 0.29) is 44.6 Å². The molecule has 4 unspecified atom stereocenters. The van der Waals surface area contributed by atoms with Crippen LogP contribution in [0, 0.1) is 0 Å². The average Bonchev–Trinajstić information content (AvgIpc) is 2.90. The number of carbonyl (C=O) groups excluding carboxylic acids is 3. The van der Waals surface area contributed by atoms with Crippen molar-refractivity contribution >= 4 is 47.4 Å². The van der Waals surface area contributed by atoms with Crippen LogP contribution in [0.2, 0.25) is 0 Å². The number of thioether (sulfide) groups is 1. The standard InChI is InChI=1S/C25H39N7O7S/c1-40-13-11-19(24(38)39)32-23(37)18(9-10-20(33)34)31-22(36)17(8-5-12-29-25(27)28)30-21(35)16(26)14-15-6-3-2-4-7-15/h2-4,6-7,16-19H,5,8-14,26H2,1H3,(H,30,35)(H,31,36)(H,32,37)(H,33,34)(H,38,39)(H4,27,28,29). The van der Waals surface area contributed by atoms with E-state index in [9.17, 15) is 29.1 Å². The van der Waals surface area contributed by atoms with Gasteiger partial charge in [-0.25, -0.2) is 4.79 Å². The molecule has 0 aliphatic carbocycles.